The molecule has 2 aliphatic heterocycles. The predicted octanol–water partition coefficient (Wildman–Crippen LogP) is 4.29. The highest BCUT2D eigenvalue weighted by Gasteiger charge is 2.23. The molecule has 3 heterocycles. The molecular weight excluding hydrogens is 346 g/mol. The van der Waals surface area contributed by atoms with Crippen LogP contribution in [0.4, 0.5) is 20.2 Å². The molecule has 6 heteroatoms. The Morgan fingerprint density at radius 2 is 2.07 bits per heavy atom. The standard InChI is InChI=1S/C21H18F2N4/c22-15-6-7-27(12-15)19-3-1-2-13-9-17(4-5-18(13)19)26-21-20-14(10-25-21)8-16(23)11-24-20/h1-5,8-9,11,15H,6-7,10,12H2,(H,25,26)/t15-/m1/s1. The van der Waals surface area contributed by atoms with Crippen LogP contribution in [0, 0.1) is 5.82 Å². The molecule has 0 saturated carbocycles. The second-order valence-electron chi connectivity index (χ2n) is 7.00. The van der Waals surface area contributed by atoms with Crippen LogP contribution in [0.25, 0.3) is 10.8 Å². The number of benzene rings is 2. The SMILES string of the molecule is Fc1cnc2c(c1)CN=C2Nc1ccc2c(N3CC[C@@H](F)C3)cccc2c1. The number of rotatable bonds is 2. The van der Waals surface area contributed by atoms with E-state index < -0.39 is 6.17 Å². The van der Waals surface area contributed by atoms with Gasteiger partial charge in [-0.05, 0) is 36.1 Å². The van der Waals surface area contributed by atoms with Crippen molar-refractivity contribution < 1.29 is 8.78 Å². The van der Waals surface area contributed by atoms with Gasteiger partial charge in [0, 0.05) is 35.4 Å². The summed E-state index contributed by atoms with van der Waals surface area (Å²) in [6, 6.07) is 13.6. The fraction of sp³-hybridized carbons (Fsp3) is 0.238. The average Bonchev–Trinajstić information content (AvgIpc) is 3.27. The highest BCUT2D eigenvalue weighted by atomic mass is 19.1. The summed E-state index contributed by atoms with van der Waals surface area (Å²) in [6.45, 7) is 1.63. The van der Waals surface area contributed by atoms with E-state index in [1.807, 2.05) is 36.4 Å². The minimum absolute atomic E-state index is 0.346. The number of pyridine rings is 1. The molecular formula is C21H18F2N4. The van der Waals surface area contributed by atoms with Crippen molar-refractivity contribution in [3.63, 3.8) is 0 Å². The quantitative estimate of drug-likeness (QED) is 0.737. The molecule has 3 aromatic rings. The van der Waals surface area contributed by atoms with E-state index in [0.717, 1.165) is 34.3 Å². The molecule has 136 valence electrons. The number of hydrogen-bond acceptors (Lipinski definition) is 4. The van der Waals surface area contributed by atoms with Crippen LogP contribution in [-0.2, 0) is 6.54 Å². The molecule has 0 amide bonds. The zero-order valence-electron chi connectivity index (χ0n) is 14.6. The normalized spacial score (nSPS) is 18.7. The van der Waals surface area contributed by atoms with Crippen molar-refractivity contribution in [1.29, 1.82) is 0 Å². The van der Waals surface area contributed by atoms with E-state index in [4.69, 9.17) is 0 Å². The molecule has 0 aliphatic carbocycles. The minimum Gasteiger partial charge on any atom is -0.368 e. The van der Waals surface area contributed by atoms with Crippen molar-refractivity contribution in [3.8, 4) is 0 Å². The zero-order valence-corrected chi connectivity index (χ0v) is 14.6. The van der Waals surface area contributed by atoms with Crippen molar-refractivity contribution >= 4 is 28.0 Å². The van der Waals surface area contributed by atoms with Gasteiger partial charge < -0.3 is 10.2 Å². The first-order valence-electron chi connectivity index (χ1n) is 9.05. The molecule has 5 rings (SSSR count). The van der Waals surface area contributed by atoms with Gasteiger partial charge in [0.05, 0.1) is 12.7 Å². The van der Waals surface area contributed by atoms with E-state index in [9.17, 15) is 8.78 Å². The summed E-state index contributed by atoms with van der Waals surface area (Å²) in [5.74, 6) is 0.307. The fourth-order valence-electron chi connectivity index (χ4n) is 3.85. The summed E-state index contributed by atoms with van der Waals surface area (Å²) in [5.41, 5.74) is 3.44. The van der Waals surface area contributed by atoms with Crippen LogP contribution in [0.3, 0.4) is 0 Å². The first-order chi connectivity index (χ1) is 13.2. The molecule has 1 saturated heterocycles. The van der Waals surface area contributed by atoms with E-state index in [0.29, 0.717) is 31.0 Å². The number of anilines is 2. The first kappa shape index (κ1) is 16.2. The van der Waals surface area contributed by atoms with Crippen LogP contribution < -0.4 is 10.2 Å². The molecule has 0 radical (unpaired) electrons. The van der Waals surface area contributed by atoms with Crippen LogP contribution in [-0.4, -0.2) is 30.1 Å². The van der Waals surface area contributed by atoms with Gasteiger partial charge >= 0.3 is 0 Å². The highest BCUT2D eigenvalue weighted by Crippen LogP contribution is 2.32. The molecule has 4 nitrogen and oxygen atoms in total. The number of hydrogen-bond donors (Lipinski definition) is 1. The monoisotopic (exact) mass is 364 g/mol. The first-order valence-corrected chi connectivity index (χ1v) is 9.05. The summed E-state index contributed by atoms with van der Waals surface area (Å²) in [5, 5.41) is 5.47. The maximum atomic E-state index is 13.6. The van der Waals surface area contributed by atoms with Crippen molar-refractivity contribution in [3.05, 3.63) is 65.7 Å². The molecule has 2 aromatic carbocycles. The maximum absolute atomic E-state index is 13.6. The van der Waals surface area contributed by atoms with Crippen LogP contribution in [0.2, 0.25) is 0 Å². The molecule has 2 aliphatic rings. The van der Waals surface area contributed by atoms with Crippen molar-refractivity contribution in [2.45, 2.75) is 19.1 Å². The lowest BCUT2D eigenvalue weighted by molar-refractivity contribution is 0.364. The molecule has 1 aromatic heterocycles. The van der Waals surface area contributed by atoms with Gasteiger partial charge in [0.25, 0.3) is 0 Å². The fourth-order valence-corrected chi connectivity index (χ4v) is 3.85. The van der Waals surface area contributed by atoms with E-state index in [1.54, 1.807) is 0 Å². The Morgan fingerprint density at radius 3 is 2.93 bits per heavy atom. The molecule has 1 N–H and O–H groups in total. The van der Waals surface area contributed by atoms with Gasteiger partial charge in [0.1, 0.15) is 17.7 Å². The highest BCUT2D eigenvalue weighted by molar-refractivity contribution is 6.10. The largest absolute Gasteiger partial charge is 0.368 e. The van der Waals surface area contributed by atoms with Gasteiger partial charge in [-0.15, -0.1) is 0 Å². The number of aliphatic imine (C=N–C) groups is 1. The topological polar surface area (TPSA) is 40.5 Å². The Labute approximate surface area is 155 Å². The molecule has 1 fully saturated rings. The van der Waals surface area contributed by atoms with Crippen LogP contribution >= 0.6 is 0 Å². The lowest BCUT2D eigenvalue weighted by Gasteiger charge is -2.20. The van der Waals surface area contributed by atoms with Crippen molar-refractivity contribution in [2.24, 2.45) is 4.99 Å². The molecule has 0 spiro atoms. The Bertz CT molecular complexity index is 1060. The predicted molar refractivity (Wildman–Crippen MR) is 104 cm³/mol. The third kappa shape index (κ3) is 2.91. The third-order valence-corrected chi connectivity index (χ3v) is 5.16. The number of fused-ring (bicyclic) bond motifs is 2. The lowest BCUT2D eigenvalue weighted by atomic mass is 10.1. The van der Waals surface area contributed by atoms with Gasteiger partial charge in [-0.1, -0.05) is 18.2 Å². The van der Waals surface area contributed by atoms with Gasteiger partial charge in [0.2, 0.25) is 0 Å². The summed E-state index contributed by atoms with van der Waals surface area (Å²) in [4.78, 5) is 10.7. The van der Waals surface area contributed by atoms with E-state index in [1.165, 1.54) is 12.3 Å². The van der Waals surface area contributed by atoms with Crippen LogP contribution in [0.15, 0.2) is 53.7 Å². The van der Waals surface area contributed by atoms with Crippen LogP contribution in [0.1, 0.15) is 17.7 Å². The molecule has 27 heavy (non-hydrogen) atoms. The Balaban J connectivity index is 1.45. The van der Waals surface area contributed by atoms with Gasteiger partial charge in [0.15, 0.2) is 5.84 Å². The van der Waals surface area contributed by atoms with Gasteiger partial charge in [-0.3, -0.25) is 4.99 Å². The maximum Gasteiger partial charge on any atom is 0.152 e. The van der Waals surface area contributed by atoms with E-state index >= 15 is 0 Å². The second kappa shape index (κ2) is 6.30. The second-order valence-corrected chi connectivity index (χ2v) is 7.00. The molecule has 0 unspecified atom stereocenters. The number of alkyl halides is 1. The van der Waals surface area contributed by atoms with Gasteiger partial charge in [-0.2, -0.15) is 0 Å². The summed E-state index contributed by atoms with van der Waals surface area (Å²) in [6.07, 6.45) is 1.05. The minimum atomic E-state index is -0.751. The van der Waals surface area contributed by atoms with Crippen LogP contribution in [0.5, 0.6) is 0 Å². The molecule has 1 atom stereocenters. The summed E-state index contributed by atoms with van der Waals surface area (Å²) < 4.78 is 26.9. The Morgan fingerprint density at radius 1 is 1.15 bits per heavy atom. The number of aromatic nitrogens is 1. The average molecular weight is 364 g/mol. The number of amidine groups is 1. The molecule has 0 bridgehead atoms. The lowest BCUT2D eigenvalue weighted by Crippen LogP contribution is -2.20. The summed E-state index contributed by atoms with van der Waals surface area (Å²) in [7, 11) is 0. The van der Waals surface area contributed by atoms with E-state index in [2.05, 4.69) is 20.2 Å². The summed E-state index contributed by atoms with van der Waals surface area (Å²) >= 11 is 0. The third-order valence-electron chi connectivity index (χ3n) is 5.16. The Hall–Kier alpha value is -3.02. The van der Waals surface area contributed by atoms with Gasteiger partial charge in [-0.25, -0.2) is 13.8 Å². The van der Waals surface area contributed by atoms with Crippen molar-refractivity contribution in [1.82, 2.24) is 4.98 Å². The number of nitrogens with one attached hydrogen (secondary N) is 1. The van der Waals surface area contributed by atoms with Crippen molar-refractivity contribution in [2.75, 3.05) is 23.3 Å². The smallest absolute Gasteiger partial charge is 0.152 e. The number of halogens is 2. The number of nitrogens with zero attached hydrogens (tertiary/aromatic N) is 3. The zero-order chi connectivity index (χ0) is 18.4. The van der Waals surface area contributed by atoms with E-state index in [-0.39, 0.29) is 5.82 Å². The Kier molecular flexibility index (Phi) is 3.77.